The van der Waals surface area contributed by atoms with Crippen LogP contribution in [-0.4, -0.2) is 9.13 Å². The maximum atomic E-state index is 6.10. The molecule has 0 unspecified atom stereocenters. The van der Waals surface area contributed by atoms with Gasteiger partial charge in [-0.05, 0) is 77.9 Å². The molecule has 0 radical (unpaired) electrons. The van der Waals surface area contributed by atoms with Crippen LogP contribution in [0.3, 0.4) is 0 Å². The number of furan rings is 1. The number of nitrogens with zero attached hydrogens (tertiary/aromatic N) is 2. The van der Waals surface area contributed by atoms with Gasteiger partial charge in [-0.1, -0.05) is 91.0 Å². The third kappa shape index (κ3) is 3.52. The van der Waals surface area contributed by atoms with Crippen molar-refractivity contribution >= 4 is 65.6 Å². The molecule has 0 saturated heterocycles. The van der Waals surface area contributed by atoms with Crippen molar-refractivity contribution < 1.29 is 4.42 Å². The summed E-state index contributed by atoms with van der Waals surface area (Å²) < 4.78 is 10.9. The van der Waals surface area contributed by atoms with Crippen molar-refractivity contribution in [2.24, 2.45) is 0 Å². The number of hydrogen-bond donors (Lipinski definition) is 0. The highest BCUT2D eigenvalue weighted by Gasteiger charge is 2.17. The van der Waals surface area contributed by atoms with Crippen LogP contribution in [0.5, 0.6) is 0 Å². The van der Waals surface area contributed by atoms with Crippen LogP contribution < -0.4 is 0 Å². The third-order valence-corrected chi connectivity index (χ3v) is 9.31. The van der Waals surface area contributed by atoms with Gasteiger partial charge in [0.2, 0.25) is 0 Å². The van der Waals surface area contributed by atoms with E-state index in [1.54, 1.807) is 0 Å². The first-order chi connectivity index (χ1) is 22.3. The van der Waals surface area contributed by atoms with Crippen LogP contribution in [0.1, 0.15) is 0 Å². The van der Waals surface area contributed by atoms with Gasteiger partial charge in [0.1, 0.15) is 11.2 Å². The second-order valence-corrected chi connectivity index (χ2v) is 11.8. The molecule has 0 atom stereocenters. The molecule has 0 aliphatic rings. The Kier molecular flexibility index (Phi) is 5.00. The van der Waals surface area contributed by atoms with E-state index in [-0.39, 0.29) is 0 Å². The van der Waals surface area contributed by atoms with Gasteiger partial charge in [0.25, 0.3) is 0 Å². The van der Waals surface area contributed by atoms with Gasteiger partial charge in [-0.25, -0.2) is 0 Å². The van der Waals surface area contributed by atoms with Crippen LogP contribution in [-0.2, 0) is 0 Å². The van der Waals surface area contributed by atoms with Crippen LogP contribution in [0.15, 0.2) is 162 Å². The Balaban J connectivity index is 1.20. The van der Waals surface area contributed by atoms with Crippen molar-refractivity contribution in [3.8, 4) is 22.5 Å². The van der Waals surface area contributed by atoms with E-state index < -0.39 is 0 Å². The SMILES string of the molecule is c1ccc(-n2c3ccccc3c3ccc(-n4c5ccccc5c5cc(-c6ccc7oc8ccccc8c7c6)ccc54)cc32)cc1. The molecule has 3 aromatic heterocycles. The van der Waals surface area contributed by atoms with Crippen LogP contribution in [0.25, 0.3) is 88.1 Å². The van der Waals surface area contributed by atoms with Crippen molar-refractivity contribution in [3.63, 3.8) is 0 Å². The minimum atomic E-state index is 0.918. The van der Waals surface area contributed by atoms with E-state index in [1.807, 2.05) is 12.1 Å². The number of benzene rings is 7. The first-order valence-electron chi connectivity index (χ1n) is 15.4. The maximum Gasteiger partial charge on any atom is 0.135 e. The third-order valence-electron chi connectivity index (χ3n) is 9.31. The highest BCUT2D eigenvalue weighted by atomic mass is 16.3. The number of para-hydroxylation sites is 4. The van der Waals surface area contributed by atoms with Crippen molar-refractivity contribution in [1.29, 1.82) is 0 Å². The predicted molar refractivity (Wildman–Crippen MR) is 188 cm³/mol. The smallest absolute Gasteiger partial charge is 0.135 e. The molecular weight excluding hydrogens is 548 g/mol. The standard InChI is InChI=1S/C42H26N2O/c1-2-10-29(11-3-1)43-37-15-7-4-12-31(37)33-21-20-30(26-40(33)43)44-38-16-8-5-13-32(38)35-24-27(18-22-39(35)44)28-19-23-42-36(25-28)34-14-6-9-17-41(34)45-42/h1-26H. The molecule has 0 spiro atoms. The summed E-state index contributed by atoms with van der Waals surface area (Å²) in [4.78, 5) is 0. The molecule has 0 N–H and O–H groups in total. The zero-order valence-electron chi connectivity index (χ0n) is 24.3. The van der Waals surface area contributed by atoms with E-state index in [0.717, 1.165) is 33.3 Å². The number of hydrogen-bond acceptors (Lipinski definition) is 1. The monoisotopic (exact) mass is 574 g/mol. The molecular formula is C42H26N2O. The fraction of sp³-hybridized carbons (Fsp3) is 0. The molecule has 0 fully saturated rings. The van der Waals surface area contributed by atoms with Gasteiger partial charge in [-0.15, -0.1) is 0 Å². The normalized spacial score (nSPS) is 12.0. The molecule has 45 heavy (non-hydrogen) atoms. The Bertz CT molecular complexity index is 2760. The molecule has 0 saturated carbocycles. The van der Waals surface area contributed by atoms with Crippen molar-refractivity contribution in [2.45, 2.75) is 0 Å². The second kappa shape index (κ2) is 9.22. The van der Waals surface area contributed by atoms with Gasteiger partial charge >= 0.3 is 0 Å². The molecule has 3 nitrogen and oxygen atoms in total. The van der Waals surface area contributed by atoms with E-state index in [2.05, 4.69) is 155 Å². The molecule has 3 heteroatoms. The lowest BCUT2D eigenvalue weighted by molar-refractivity contribution is 0.669. The Labute approximate surface area is 258 Å². The molecule has 3 heterocycles. The van der Waals surface area contributed by atoms with Crippen molar-refractivity contribution in [1.82, 2.24) is 9.13 Å². The lowest BCUT2D eigenvalue weighted by atomic mass is 10.0. The van der Waals surface area contributed by atoms with Gasteiger partial charge in [0.15, 0.2) is 0 Å². The zero-order valence-corrected chi connectivity index (χ0v) is 24.3. The topological polar surface area (TPSA) is 23.0 Å². The number of rotatable bonds is 3. The Morgan fingerprint density at radius 3 is 1.67 bits per heavy atom. The predicted octanol–water partition coefficient (Wildman–Crippen LogP) is 11.4. The summed E-state index contributed by atoms with van der Waals surface area (Å²) in [5, 5.41) is 7.29. The van der Waals surface area contributed by atoms with Crippen molar-refractivity contribution in [3.05, 3.63) is 158 Å². The fourth-order valence-electron chi connectivity index (χ4n) is 7.29. The summed E-state index contributed by atoms with van der Waals surface area (Å²) in [6, 6.07) is 56.7. The van der Waals surface area contributed by atoms with Crippen LogP contribution in [0.4, 0.5) is 0 Å². The second-order valence-electron chi connectivity index (χ2n) is 11.8. The van der Waals surface area contributed by atoms with E-state index >= 15 is 0 Å². The first kappa shape index (κ1) is 24.4. The van der Waals surface area contributed by atoms with E-state index in [4.69, 9.17) is 4.42 Å². The van der Waals surface area contributed by atoms with E-state index in [9.17, 15) is 0 Å². The molecule has 7 aromatic carbocycles. The summed E-state index contributed by atoms with van der Waals surface area (Å²) in [7, 11) is 0. The first-order valence-corrected chi connectivity index (χ1v) is 15.4. The largest absolute Gasteiger partial charge is 0.456 e. The molecule has 0 aliphatic heterocycles. The average molecular weight is 575 g/mol. The lowest BCUT2D eigenvalue weighted by Gasteiger charge is -2.11. The quantitative estimate of drug-likeness (QED) is 0.206. The molecule has 0 bridgehead atoms. The summed E-state index contributed by atoms with van der Waals surface area (Å²) in [6.07, 6.45) is 0. The van der Waals surface area contributed by atoms with Gasteiger partial charge in [0, 0.05) is 43.7 Å². The van der Waals surface area contributed by atoms with Gasteiger partial charge in [-0.2, -0.15) is 0 Å². The van der Waals surface area contributed by atoms with Crippen molar-refractivity contribution in [2.75, 3.05) is 0 Å². The molecule has 210 valence electrons. The van der Waals surface area contributed by atoms with Gasteiger partial charge in [-0.3, -0.25) is 0 Å². The lowest BCUT2D eigenvalue weighted by Crippen LogP contribution is -1.96. The summed E-state index contributed by atoms with van der Waals surface area (Å²) in [5.41, 5.74) is 11.3. The average Bonchev–Trinajstić information content (AvgIpc) is 3.75. The molecule has 10 aromatic rings. The Morgan fingerprint density at radius 1 is 0.311 bits per heavy atom. The van der Waals surface area contributed by atoms with Gasteiger partial charge in [0.05, 0.1) is 22.1 Å². The number of fused-ring (bicyclic) bond motifs is 9. The summed E-state index contributed by atoms with van der Waals surface area (Å²) >= 11 is 0. The van der Waals surface area contributed by atoms with E-state index in [0.29, 0.717) is 0 Å². The minimum Gasteiger partial charge on any atom is -0.456 e. The highest BCUT2D eigenvalue weighted by molar-refractivity contribution is 6.13. The van der Waals surface area contributed by atoms with E-state index in [1.165, 1.54) is 54.7 Å². The van der Waals surface area contributed by atoms with Gasteiger partial charge < -0.3 is 13.6 Å². The highest BCUT2D eigenvalue weighted by Crippen LogP contribution is 2.39. The summed E-state index contributed by atoms with van der Waals surface area (Å²) in [6.45, 7) is 0. The Hall–Kier alpha value is -6.06. The molecule has 10 rings (SSSR count). The van der Waals surface area contributed by atoms with Crippen LogP contribution in [0, 0.1) is 0 Å². The fourth-order valence-corrected chi connectivity index (χ4v) is 7.29. The summed E-state index contributed by atoms with van der Waals surface area (Å²) in [5.74, 6) is 0. The zero-order chi connectivity index (χ0) is 29.5. The molecule has 0 aliphatic carbocycles. The van der Waals surface area contributed by atoms with Crippen LogP contribution in [0.2, 0.25) is 0 Å². The maximum absolute atomic E-state index is 6.10. The van der Waals surface area contributed by atoms with Crippen LogP contribution >= 0.6 is 0 Å². The minimum absolute atomic E-state index is 0.918. The molecule has 0 amide bonds. The Morgan fingerprint density at radius 2 is 0.867 bits per heavy atom. The number of aromatic nitrogens is 2.